The summed E-state index contributed by atoms with van der Waals surface area (Å²) in [5.74, 6) is 0.647. The van der Waals surface area contributed by atoms with E-state index in [1.54, 1.807) is 36.5 Å². The summed E-state index contributed by atoms with van der Waals surface area (Å²) in [5.41, 5.74) is 0.0828. The van der Waals surface area contributed by atoms with Gasteiger partial charge in [-0.2, -0.15) is 4.31 Å². The van der Waals surface area contributed by atoms with Crippen LogP contribution in [0.5, 0.6) is 5.75 Å². The van der Waals surface area contributed by atoms with Crippen molar-refractivity contribution in [2.24, 2.45) is 0 Å². The molecular weight excluding hydrogens is 302 g/mol. The van der Waals surface area contributed by atoms with Crippen molar-refractivity contribution in [2.75, 3.05) is 13.7 Å². The van der Waals surface area contributed by atoms with Gasteiger partial charge in [0.2, 0.25) is 10.0 Å². The highest BCUT2D eigenvalue weighted by atomic mass is 32.2. The Hall–Kier alpha value is -1.11. The molecule has 22 heavy (non-hydrogen) atoms. The molecule has 1 spiro atoms. The van der Waals surface area contributed by atoms with Gasteiger partial charge in [0.25, 0.3) is 0 Å². The van der Waals surface area contributed by atoms with Gasteiger partial charge in [0, 0.05) is 6.54 Å². The lowest BCUT2D eigenvalue weighted by molar-refractivity contribution is 0.0688. The van der Waals surface area contributed by atoms with Crippen LogP contribution < -0.4 is 4.74 Å². The second kappa shape index (κ2) is 5.51. The largest absolute Gasteiger partial charge is 0.497 e. The van der Waals surface area contributed by atoms with E-state index in [9.17, 15) is 13.5 Å². The van der Waals surface area contributed by atoms with Crippen molar-refractivity contribution in [2.45, 2.75) is 55.6 Å². The standard InChI is InChI=1S/C16H23NO4S/c1-12-11-13(21-2)5-6-14(12)22(19,20)17-10-7-15(18)16(17)8-3-4-9-16/h5-6,11,15,18H,3-4,7-10H2,1-2H3/t15-/m1/s1. The number of nitrogens with zero attached hydrogens (tertiary/aromatic N) is 1. The van der Waals surface area contributed by atoms with Crippen molar-refractivity contribution in [1.82, 2.24) is 4.31 Å². The quantitative estimate of drug-likeness (QED) is 0.924. The molecule has 1 aromatic carbocycles. The number of methoxy groups -OCH3 is 1. The van der Waals surface area contributed by atoms with Crippen LogP contribution in [0.3, 0.4) is 0 Å². The van der Waals surface area contributed by atoms with Gasteiger partial charge in [-0.15, -0.1) is 0 Å². The zero-order valence-corrected chi connectivity index (χ0v) is 13.9. The molecule has 5 nitrogen and oxygen atoms in total. The predicted octanol–water partition coefficient (Wildman–Crippen LogP) is 2.07. The van der Waals surface area contributed by atoms with E-state index in [1.165, 1.54) is 0 Å². The second-order valence-corrected chi connectivity index (χ2v) is 8.15. The Balaban J connectivity index is 2.03. The molecule has 0 radical (unpaired) electrons. The molecule has 0 unspecified atom stereocenters. The van der Waals surface area contributed by atoms with Crippen LogP contribution in [-0.4, -0.2) is 43.1 Å². The van der Waals surface area contributed by atoms with Gasteiger partial charge in [0.1, 0.15) is 5.75 Å². The molecule has 1 aromatic rings. The first-order chi connectivity index (χ1) is 10.4. The van der Waals surface area contributed by atoms with Crippen molar-refractivity contribution in [3.05, 3.63) is 23.8 Å². The minimum absolute atomic E-state index is 0.314. The molecule has 122 valence electrons. The van der Waals surface area contributed by atoms with E-state index < -0.39 is 21.7 Å². The number of aliphatic hydroxyl groups excluding tert-OH is 1. The van der Waals surface area contributed by atoms with E-state index >= 15 is 0 Å². The fraction of sp³-hybridized carbons (Fsp3) is 0.625. The van der Waals surface area contributed by atoms with E-state index in [2.05, 4.69) is 0 Å². The molecule has 1 heterocycles. The third kappa shape index (κ3) is 2.25. The lowest BCUT2D eigenvalue weighted by atomic mass is 9.93. The van der Waals surface area contributed by atoms with Crippen LogP contribution in [0.4, 0.5) is 0 Å². The Bertz CT molecular complexity index is 665. The summed E-state index contributed by atoms with van der Waals surface area (Å²) in [6.45, 7) is 2.18. The molecule has 2 fully saturated rings. The van der Waals surface area contributed by atoms with Gasteiger partial charge in [0.15, 0.2) is 0 Å². The SMILES string of the molecule is COc1ccc(S(=O)(=O)N2CC[C@@H](O)C23CCCC3)c(C)c1. The average molecular weight is 325 g/mol. The Labute approximate surface area is 131 Å². The molecule has 0 amide bonds. The third-order valence-corrected chi connectivity index (χ3v) is 7.28. The first kappa shape index (κ1) is 15.8. The zero-order valence-electron chi connectivity index (χ0n) is 13.1. The molecule has 1 saturated carbocycles. The van der Waals surface area contributed by atoms with Crippen LogP contribution in [-0.2, 0) is 10.0 Å². The molecule has 0 aromatic heterocycles. The third-order valence-electron chi connectivity index (χ3n) is 5.14. The van der Waals surface area contributed by atoms with E-state index in [0.717, 1.165) is 25.7 Å². The molecular formula is C16H23NO4S. The fourth-order valence-corrected chi connectivity index (χ4v) is 6.06. The van der Waals surface area contributed by atoms with Gasteiger partial charge in [-0.05, 0) is 49.9 Å². The van der Waals surface area contributed by atoms with Crippen LogP contribution in [0.2, 0.25) is 0 Å². The van der Waals surface area contributed by atoms with Crippen molar-refractivity contribution in [3.63, 3.8) is 0 Å². The van der Waals surface area contributed by atoms with E-state index in [1.807, 2.05) is 0 Å². The van der Waals surface area contributed by atoms with Gasteiger partial charge in [-0.1, -0.05) is 12.8 Å². The summed E-state index contributed by atoms with van der Waals surface area (Å²) in [7, 11) is -2.04. The maximum Gasteiger partial charge on any atom is 0.243 e. The minimum atomic E-state index is -3.60. The van der Waals surface area contributed by atoms with Crippen molar-refractivity contribution >= 4 is 10.0 Å². The van der Waals surface area contributed by atoms with E-state index in [0.29, 0.717) is 29.2 Å². The van der Waals surface area contributed by atoms with Gasteiger partial charge in [-0.25, -0.2) is 8.42 Å². The second-order valence-electron chi connectivity index (χ2n) is 6.32. The lowest BCUT2D eigenvalue weighted by Gasteiger charge is -2.36. The van der Waals surface area contributed by atoms with Crippen LogP contribution >= 0.6 is 0 Å². The van der Waals surface area contributed by atoms with Crippen LogP contribution in [0, 0.1) is 6.92 Å². The molecule has 3 rings (SSSR count). The Morgan fingerprint density at radius 1 is 1.32 bits per heavy atom. The number of rotatable bonds is 3. The number of aliphatic hydroxyl groups is 1. The number of sulfonamides is 1. The monoisotopic (exact) mass is 325 g/mol. The molecule has 1 saturated heterocycles. The van der Waals surface area contributed by atoms with Gasteiger partial charge >= 0.3 is 0 Å². The fourth-order valence-electron chi connectivity index (χ4n) is 3.98. The summed E-state index contributed by atoms with van der Waals surface area (Å²) >= 11 is 0. The zero-order chi connectivity index (χ0) is 16.0. The maximum absolute atomic E-state index is 13.1. The highest BCUT2D eigenvalue weighted by Gasteiger charge is 2.54. The number of hydrogen-bond acceptors (Lipinski definition) is 4. The van der Waals surface area contributed by atoms with Crippen LogP contribution in [0.1, 0.15) is 37.7 Å². The molecule has 0 bridgehead atoms. The summed E-state index contributed by atoms with van der Waals surface area (Å²) < 4.78 is 33.0. The Kier molecular flexibility index (Phi) is 3.95. The lowest BCUT2D eigenvalue weighted by Crippen LogP contribution is -2.50. The average Bonchev–Trinajstić information content (AvgIpc) is 3.08. The highest BCUT2D eigenvalue weighted by molar-refractivity contribution is 7.89. The van der Waals surface area contributed by atoms with Gasteiger partial charge < -0.3 is 9.84 Å². The number of aryl methyl sites for hydroxylation is 1. The molecule has 1 atom stereocenters. The molecule has 1 aliphatic carbocycles. The minimum Gasteiger partial charge on any atom is -0.497 e. The number of benzene rings is 1. The summed E-state index contributed by atoms with van der Waals surface area (Å²) in [6, 6.07) is 5.02. The van der Waals surface area contributed by atoms with E-state index in [-0.39, 0.29) is 0 Å². The number of ether oxygens (including phenoxy) is 1. The van der Waals surface area contributed by atoms with Crippen molar-refractivity contribution in [1.29, 1.82) is 0 Å². The first-order valence-corrected chi connectivity index (χ1v) is 9.21. The van der Waals surface area contributed by atoms with Crippen LogP contribution in [0.15, 0.2) is 23.1 Å². The molecule has 1 N–H and O–H groups in total. The predicted molar refractivity (Wildman–Crippen MR) is 83.4 cm³/mol. The summed E-state index contributed by atoms with van der Waals surface area (Å²) in [4.78, 5) is 0.314. The van der Waals surface area contributed by atoms with Crippen molar-refractivity contribution in [3.8, 4) is 5.75 Å². The highest BCUT2D eigenvalue weighted by Crippen LogP contribution is 2.46. The molecule has 1 aliphatic heterocycles. The van der Waals surface area contributed by atoms with E-state index in [4.69, 9.17) is 4.74 Å². The smallest absolute Gasteiger partial charge is 0.243 e. The van der Waals surface area contributed by atoms with Gasteiger partial charge in [-0.3, -0.25) is 0 Å². The Morgan fingerprint density at radius 3 is 2.59 bits per heavy atom. The topological polar surface area (TPSA) is 66.8 Å². The van der Waals surface area contributed by atoms with Gasteiger partial charge in [0.05, 0.1) is 23.6 Å². The number of hydrogen-bond donors (Lipinski definition) is 1. The normalized spacial score (nSPS) is 25.0. The molecule has 6 heteroatoms. The first-order valence-electron chi connectivity index (χ1n) is 7.77. The Morgan fingerprint density at radius 2 is 2.00 bits per heavy atom. The van der Waals surface area contributed by atoms with Crippen molar-refractivity contribution < 1.29 is 18.3 Å². The summed E-state index contributed by atoms with van der Waals surface area (Å²) in [6.07, 6.45) is 3.43. The maximum atomic E-state index is 13.1. The molecule has 2 aliphatic rings. The van der Waals surface area contributed by atoms with Crippen LogP contribution in [0.25, 0.3) is 0 Å². The summed E-state index contributed by atoms with van der Waals surface area (Å²) in [5, 5.41) is 10.4.